The maximum atomic E-state index is 5.12. The van der Waals surface area contributed by atoms with Crippen LogP contribution in [-0.2, 0) is 4.74 Å². The number of unbranched alkanes of at least 4 members (excludes halogenated alkanes) is 1. The lowest BCUT2D eigenvalue weighted by Gasteiger charge is -2.20. The third-order valence-corrected chi connectivity index (χ3v) is 3.32. The highest BCUT2D eigenvalue weighted by molar-refractivity contribution is 8.03. The molecular weight excluding hydrogens is 230 g/mol. The van der Waals surface area contributed by atoms with E-state index in [-0.39, 0.29) is 5.54 Å². The van der Waals surface area contributed by atoms with Crippen molar-refractivity contribution in [2.24, 2.45) is 0 Å². The van der Waals surface area contributed by atoms with Gasteiger partial charge in [-0.1, -0.05) is 13.0 Å². The molecule has 0 aromatic rings. The molecule has 3 heteroatoms. The van der Waals surface area contributed by atoms with Crippen molar-refractivity contribution < 1.29 is 4.74 Å². The Kier molecular flexibility index (Phi) is 9.99. The van der Waals surface area contributed by atoms with Crippen LogP contribution in [0.5, 0.6) is 0 Å². The van der Waals surface area contributed by atoms with Gasteiger partial charge in [-0.15, -0.1) is 11.8 Å². The average Bonchev–Trinajstić information content (AvgIpc) is 2.23. The minimum atomic E-state index is 0.237. The fraction of sp³-hybridized carbons (Fsp3) is 0.857. The minimum Gasteiger partial charge on any atom is -0.384 e. The molecule has 0 bridgehead atoms. The number of methoxy groups -OCH3 is 1. The van der Waals surface area contributed by atoms with Gasteiger partial charge in [0.05, 0.1) is 6.61 Å². The first-order chi connectivity index (χ1) is 7.99. The van der Waals surface area contributed by atoms with Crippen LogP contribution in [0, 0.1) is 0 Å². The molecule has 0 aliphatic carbocycles. The molecule has 0 atom stereocenters. The van der Waals surface area contributed by atoms with E-state index in [2.05, 4.69) is 39.1 Å². The summed E-state index contributed by atoms with van der Waals surface area (Å²) < 4.78 is 5.12. The molecule has 102 valence electrons. The van der Waals surface area contributed by atoms with Gasteiger partial charge in [-0.05, 0) is 50.8 Å². The van der Waals surface area contributed by atoms with Crippen LogP contribution in [-0.4, -0.2) is 31.6 Å². The Morgan fingerprint density at radius 2 is 2.06 bits per heavy atom. The zero-order chi connectivity index (χ0) is 13.1. The molecular formula is C14H29NOS. The molecule has 0 heterocycles. The standard InChI is InChI=1S/C14H29NOS/c1-6-17-13(10-12-16-5)9-7-8-11-15-14(2,3)4/h9,15H,6-8,10-12H2,1-5H3/b13-9+. The first kappa shape index (κ1) is 17.0. The Morgan fingerprint density at radius 3 is 2.59 bits per heavy atom. The molecule has 1 N–H and O–H groups in total. The van der Waals surface area contributed by atoms with Crippen molar-refractivity contribution in [1.82, 2.24) is 5.32 Å². The van der Waals surface area contributed by atoms with Crippen LogP contribution in [0.2, 0.25) is 0 Å². The molecule has 0 unspecified atom stereocenters. The highest BCUT2D eigenvalue weighted by Crippen LogP contribution is 2.19. The molecule has 0 saturated heterocycles. The SMILES string of the molecule is CCS/C(=C/CCCNC(C)(C)C)CCOC. The molecule has 0 spiro atoms. The number of hydrogen-bond acceptors (Lipinski definition) is 3. The molecule has 0 rings (SSSR count). The Hall–Kier alpha value is 0.01000. The summed E-state index contributed by atoms with van der Waals surface area (Å²) in [6.45, 7) is 10.7. The van der Waals surface area contributed by atoms with Gasteiger partial charge >= 0.3 is 0 Å². The third-order valence-electron chi connectivity index (χ3n) is 2.29. The Balaban J connectivity index is 3.76. The lowest BCUT2D eigenvalue weighted by atomic mass is 10.1. The largest absolute Gasteiger partial charge is 0.384 e. The summed E-state index contributed by atoms with van der Waals surface area (Å²) >= 11 is 1.94. The third kappa shape index (κ3) is 12.3. The molecule has 17 heavy (non-hydrogen) atoms. The molecule has 0 amide bonds. The second-order valence-corrected chi connectivity index (χ2v) is 6.56. The van der Waals surface area contributed by atoms with E-state index in [1.54, 1.807) is 7.11 Å². The summed E-state index contributed by atoms with van der Waals surface area (Å²) in [5.41, 5.74) is 0.237. The number of nitrogens with one attached hydrogen (secondary N) is 1. The summed E-state index contributed by atoms with van der Waals surface area (Å²) in [4.78, 5) is 1.48. The second kappa shape index (κ2) is 9.98. The number of hydrogen-bond donors (Lipinski definition) is 1. The number of ether oxygens (including phenoxy) is 1. The fourth-order valence-electron chi connectivity index (χ4n) is 1.45. The van der Waals surface area contributed by atoms with E-state index in [1.807, 2.05) is 11.8 Å². The molecule has 0 radical (unpaired) electrons. The van der Waals surface area contributed by atoms with Crippen molar-refractivity contribution in [2.75, 3.05) is 26.0 Å². The van der Waals surface area contributed by atoms with Crippen molar-refractivity contribution in [3.63, 3.8) is 0 Å². The van der Waals surface area contributed by atoms with Crippen molar-refractivity contribution in [2.45, 2.75) is 52.5 Å². The fourth-order valence-corrected chi connectivity index (χ4v) is 2.28. The van der Waals surface area contributed by atoms with Crippen molar-refractivity contribution in [3.05, 3.63) is 11.0 Å². The van der Waals surface area contributed by atoms with E-state index in [1.165, 1.54) is 11.3 Å². The Morgan fingerprint density at radius 1 is 1.35 bits per heavy atom. The summed E-state index contributed by atoms with van der Waals surface area (Å²) in [6.07, 6.45) is 5.80. The molecule has 0 aliphatic heterocycles. The van der Waals surface area contributed by atoms with E-state index >= 15 is 0 Å². The Bertz CT molecular complexity index is 209. The van der Waals surface area contributed by atoms with Crippen molar-refractivity contribution in [3.8, 4) is 0 Å². The highest BCUT2D eigenvalue weighted by Gasteiger charge is 2.06. The van der Waals surface area contributed by atoms with Gasteiger partial charge in [-0.3, -0.25) is 0 Å². The predicted molar refractivity (Wildman–Crippen MR) is 79.7 cm³/mol. The van der Waals surface area contributed by atoms with E-state index in [9.17, 15) is 0 Å². The maximum Gasteiger partial charge on any atom is 0.0507 e. The van der Waals surface area contributed by atoms with Crippen LogP contribution in [0.25, 0.3) is 0 Å². The van der Waals surface area contributed by atoms with Crippen LogP contribution in [0.1, 0.15) is 47.0 Å². The quantitative estimate of drug-likeness (QED) is 0.636. The second-order valence-electron chi connectivity index (χ2n) is 5.17. The maximum absolute atomic E-state index is 5.12. The monoisotopic (exact) mass is 259 g/mol. The van der Waals surface area contributed by atoms with Crippen LogP contribution < -0.4 is 5.32 Å². The molecule has 0 aromatic heterocycles. The zero-order valence-corrected chi connectivity index (χ0v) is 13.0. The lowest BCUT2D eigenvalue weighted by molar-refractivity contribution is 0.203. The van der Waals surface area contributed by atoms with Crippen LogP contribution in [0.4, 0.5) is 0 Å². The Labute approximate surface area is 112 Å². The van der Waals surface area contributed by atoms with Gasteiger partial charge in [0.2, 0.25) is 0 Å². The molecule has 0 saturated carbocycles. The van der Waals surface area contributed by atoms with Crippen LogP contribution >= 0.6 is 11.8 Å². The van der Waals surface area contributed by atoms with Gasteiger partial charge in [0.15, 0.2) is 0 Å². The topological polar surface area (TPSA) is 21.3 Å². The van der Waals surface area contributed by atoms with Gasteiger partial charge in [-0.2, -0.15) is 0 Å². The van der Waals surface area contributed by atoms with Gasteiger partial charge in [0.25, 0.3) is 0 Å². The molecule has 0 aliphatic rings. The van der Waals surface area contributed by atoms with Gasteiger partial charge in [-0.25, -0.2) is 0 Å². The number of thioether (sulfide) groups is 1. The first-order valence-electron chi connectivity index (χ1n) is 6.55. The minimum absolute atomic E-state index is 0.237. The van der Waals surface area contributed by atoms with Crippen molar-refractivity contribution in [1.29, 1.82) is 0 Å². The van der Waals surface area contributed by atoms with Crippen LogP contribution in [0.3, 0.4) is 0 Å². The van der Waals surface area contributed by atoms with Gasteiger partial charge < -0.3 is 10.1 Å². The first-order valence-corrected chi connectivity index (χ1v) is 7.54. The summed E-state index contributed by atoms with van der Waals surface area (Å²) in [5, 5.41) is 3.51. The van der Waals surface area contributed by atoms with E-state index in [0.717, 1.165) is 31.7 Å². The number of allylic oxidation sites excluding steroid dienone is 1. The number of rotatable bonds is 9. The molecule has 0 fully saturated rings. The van der Waals surface area contributed by atoms with Gasteiger partial charge in [0, 0.05) is 19.1 Å². The van der Waals surface area contributed by atoms with Crippen LogP contribution in [0.15, 0.2) is 11.0 Å². The van der Waals surface area contributed by atoms with Crippen molar-refractivity contribution >= 4 is 11.8 Å². The summed E-state index contributed by atoms with van der Waals surface area (Å²) in [7, 11) is 1.77. The van der Waals surface area contributed by atoms with E-state index in [4.69, 9.17) is 4.74 Å². The van der Waals surface area contributed by atoms with E-state index < -0.39 is 0 Å². The molecule has 0 aromatic carbocycles. The lowest BCUT2D eigenvalue weighted by Crippen LogP contribution is -2.36. The van der Waals surface area contributed by atoms with Gasteiger partial charge in [0.1, 0.15) is 0 Å². The average molecular weight is 259 g/mol. The summed E-state index contributed by atoms with van der Waals surface area (Å²) in [6, 6.07) is 0. The molecule has 2 nitrogen and oxygen atoms in total. The summed E-state index contributed by atoms with van der Waals surface area (Å²) in [5.74, 6) is 1.15. The zero-order valence-electron chi connectivity index (χ0n) is 12.1. The smallest absolute Gasteiger partial charge is 0.0507 e. The van der Waals surface area contributed by atoms with E-state index in [0.29, 0.717) is 0 Å². The normalized spacial score (nSPS) is 13.1. The highest BCUT2D eigenvalue weighted by atomic mass is 32.2. The predicted octanol–water partition coefficient (Wildman–Crippen LogP) is 3.83.